The summed E-state index contributed by atoms with van der Waals surface area (Å²) < 4.78 is 0. The molecule has 0 unspecified atom stereocenters. The molecule has 9 heteroatoms. The lowest BCUT2D eigenvalue weighted by molar-refractivity contribution is -0.128. The highest BCUT2D eigenvalue weighted by atomic mass is 35.5. The number of hydrogen-bond acceptors (Lipinski definition) is 4. The van der Waals surface area contributed by atoms with Crippen LogP contribution in [0.2, 0.25) is 5.02 Å². The molecule has 28 heavy (non-hydrogen) atoms. The average Bonchev–Trinajstić information content (AvgIpc) is 2.93. The van der Waals surface area contributed by atoms with E-state index in [2.05, 4.69) is 21.3 Å². The third kappa shape index (κ3) is 4.11. The molecule has 1 aromatic rings. The van der Waals surface area contributed by atoms with Crippen molar-refractivity contribution in [3.63, 3.8) is 0 Å². The van der Waals surface area contributed by atoms with Crippen LogP contribution in [0.4, 0.5) is 10.5 Å². The molecule has 3 rings (SSSR count). The monoisotopic (exact) mass is 406 g/mol. The molecule has 0 bridgehead atoms. The van der Waals surface area contributed by atoms with Gasteiger partial charge in [0.05, 0.1) is 11.3 Å². The van der Waals surface area contributed by atoms with Crippen LogP contribution < -0.4 is 21.3 Å². The van der Waals surface area contributed by atoms with Crippen molar-refractivity contribution in [1.82, 2.24) is 16.0 Å². The molecule has 8 nitrogen and oxygen atoms in total. The number of carbonyl (C=O) groups is 4. The molecule has 4 N–H and O–H groups in total. The molecule has 1 heterocycles. The van der Waals surface area contributed by atoms with Crippen molar-refractivity contribution in [3.05, 3.63) is 28.8 Å². The highest BCUT2D eigenvalue weighted by molar-refractivity contribution is 6.31. The van der Waals surface area contributed by atoms with Gasteiger partial charge in [0.1, 0.15) is 5.54 Å². The summed E-state index contributed by atoms with van der Waals surface area (Å²) in [5, 5.41) is 10.9. The van der Waals surface area contributed by atoms with E-state index in [1.807, 2.05) is 6.92 Å². The number of hydrogen-bond donors (Lipinski definition) is 4. The number of urea groups is 1. The van der Waals surface area contributed by atoms with E-state index >= 15 is 0 Å². The minimum Gasteiger partial charge on any atom is -0.352 e. The lowest BCUT2D eigenvalue weighted by atomic mass is 9.76. The molecule has 1 aliphatic heterocycles. The van der Waals surface area contributed by atoms with Crippen LogP contribution in [0.5, 0.6) is 0 Å². The van der Waals surface area contributed by atoms with Gasteiger partial charge in [0, 0.05) is 17.5 Å². The van der Waals surface area contributed by atoms with Crippen molar-refractivity contribution >= 4 is 41.0 Å². The van der Waals surface area contributed by atoms with Gasteiger partial charge in [-0.05, 0) is 50.3 Å². The Morgan fingerprint density at radius 1 is 1.25 bits per heavy atom. The third-order valence-corrected chi connectivity index (χ3v) is 5.48. The van der Waals surface area contributed by atoms with Crippen LogP contribution in [0.15, 0.2) is 18.2 Å². The Bertz CT molecular complexity index is 818. The molecule has 5 amide bonds. The number of benzene rings is 1. The first-order valence-corrected chi connectivity index (χ1v) is 9.74. The molecular weight excluding hydrogens is 384 g/mol. The fraction of sp³-hybridized carbons (Fsp3) is 0.474. The van der Waals surface area contributed by atoms with Gasteiger partial charge in [-0.25, -0.2) is 4.79 Å². The van der Waals surface area contributed by atoms with Gasteiger partial charge in [-0.3, -0.25) is 19.7 Å². The zero-order chi connectivity index (χ0) is 20.3. The Labute approximate surface area is 167 Å². The topological polar surface area (TPSA) is 116 Å². The molecule has 1 spiro atoms. The van der Waals surface area contributed by atoms with Gasteiger partial charge in [-0.2, -0.15) is 0 Å². The molecule has 1 saturated carbocycles. The molecule has 2 fully saturated rings. The summed E-state index contributed by atoms with van der Waals surface area (Å²) in [4.78, 5) is 48.5. The van der Waals surface area contributed by atoms with E-state index in [1.54, 1.807) is 18.2 Å². The minimum atomic E-state index is -0.908. The molecule has 1 aliphatic carbocycles. The molecule has 150 valence electrons. The van der Waals surface area contributed by atoms with Crippen molar-refractivity contribution in [3.8, 4) is 0 Å². The third-order valence-electron chi connectivity index (χ3n) is 5.24. The number of amides is 5. The Hall–Kier alpha value is -2.61. The zero-order valence-electron chi connectivity index (χ0n) is 15.6. The first kappa shape index (κ1) is 20.1. The number of rotatable bonds is 5. The standard InChI is InChI=1S/C19H23ClN4O4/c1-2-9-21-16(26)13-4-3-12(20)10-14(13)22-15(25)11-5-7-19(8-6-11)17(27)23-18(28)24-19/h3-4,10-11H,2,5-9H2,1H3,(H,21,26)(H,22,25)(H2,23,24,27,28). The van der Waals surface area contributed by atoms with Crippen LogP contribution in [0.25, 0.3) is 0 Å². The summed E-state index contributed by atoms with van der Waals surface area (Å²) in [6, 6.07) is 4.24. The number of carbonyl (C=O) groups excluding carboxylic acids is 4. The molecule has 2 aliphatic rings. The SMILES string of the molecule is CCCNC(=O)c1ccc(Cl)cc1NC(=O)C1CCC2(CC1)NC(=O)NC2=O. The Balaban J connectivity index is 1.67. The number of nitrogens with one attached hydrogen (secondary N) is 4. The molecule has 1 saturated heterocycles. The van der Waals surface area contributed by atoms with E-state index in [9.17, 15) is 19.2 Å². The van der Waals surface area contributed by atoms with E-state index < -0.39 is 11.6 Å². The quantitative estimate of drug-likeness (QED) is 0.561. The van der Waals surface area contributed by atoms with Gasteiger partial charge in [0.15, 0.2) is 0 Å². The molecule has 0 radical (unpaired) electrons. The fourth-order valence-electron chi connectivity index (χ4n) is 3.64. The van der Waals surface area contributed by atoms with Gasteiger partial charge in [0.25, 0.3) is 11.8 Å². The van der Waals surface area contributed by atoms with Crippen LogP contribution in [0.3, 0.4) is 0 Å². The summed E-state index contributed by atoms with van der Waals surface area (Å²) in [6.07, 6.45) is 2.49. The van der Waals surface area contributed by atoms with Crippen LogP contribution in [-0.2, 0) is 9.59 Å². The second-order valence-electron chi connectivity index (χ2n) is 7.20. The second kappa shape index (κ2) is 8.18. The Morgan fingerprint density at radius 3 is 2.57 bits per heavy atom. The zero-order valence-corrected chi connectivity index (χ0v) is 16.3. The number of imide groups is 1. The first-order chi connectivity index (χ1) is 13.3. The van der Waals surface area contributed by atoms with Crippen LogP contribution >= 0.6 is 11.6 Å². The molecule has 1 aromatic carbocycles. The summed E-state index contributed by atoms with van der Waals surface area (Å²) >= 11 is 6.04. The average molecular weight is 407 g/mol. The second-order valence-corrected chi connectivity index (χ2v) is 7.64. The van der Waals surface area contributed by atoms with E-state index in [-0.39, 0.29) is 23.6 Å². The first-order valence-electron chi connectivity index (χ1n) is 9.37. The van der Waals surface area contributed by atoms with Gasteiger partial charge in [-0.1, -0.05) is 18.5 Å². The summed E-state index contributed by atoms with van der Waals surface area (Å²) in [7, 11) is 0. The maximum absolute atomic E-state index is 12.7. The normalized spacial score (nSPS) is 23.9. The van der Waals surface area contributed by atoms with Gasteiger partial charge < -0.3 is 16.0 Å². The summed E-state index contributed by atoms with van der Waals surface area (Å²) in [5.41, 5.74) is -0.200. The Morgan fingerprint density at radius 2 is 1.96 bits per heavy atom. The predicted octanol–water partition coefficient (Wildman–Crippen LogP) is 2.19. The maximum atomic E-state index is 12.7. The maximum Gasteiger partial charge on any atom is 0.322 e. The van der Waals surface area contributed by atoms with Crippen molar-refractivity contribution in [2.45, 2.75) is 44.6 Å². The van der Waals surface area contributed by atoms with Crippen molar-refractivity contribution in [1.29, 1.82) is 0 Å². The lowest BCUT2D eigenvalue weighted by Gasteiger charge is -2.33. The number of anilines is 1. The van der Waals surface area contributed by atoms with Crippen LogP contribution in [0, 0.1) is 5.92 Å². The molecule has 0 atom stereocenters. The van der Waals surface area contributed by atoms with E-state index in [1.165, 1.54) is 0 Å². The largest absolute Gasteiger partial charge is 0.352 e. The van der Waals surface area contributed by atoms with Crippen molar-refractivity contribution in [2.24, 2.45) is 5.92 Å². The lowest BCUT2D eigenvalue weighted by Crippen LogP contribution is -2.50. The fourth-order valence-corrected chi connectivity index (χ4v) is 3.81. The summed E-state index contributed by atoms with van der Waals surface area (Å²) in [6.45, 7) is 2.49. The summed E-state index contributed by atoms with van der Waals surface area (Å²) in [5.74, 6) is -1.16. The predicted molar refractivity (Wildman–Crippen MR) is 104 cm³/mol. The smallest absolute Gasteiger partial charge is 0.322 e. The van der Waals surface area contributed by atoms with Crippen LogP contribution in [-0.4, -0.2) is 35.8 Å². The van der Waals surface area contributed by atoms with E-state index in [0.29, 0.717) is 48.5 Å². The van der Waals surface area contributed by atoms with Gasteiger partial charge >= 0.3 is 6.03 Å². The minimum absolute atomic E-state index is 0.230. The highest BCUT2D eigenvalue weighted by Crippen LogP contribution is 2.35. The highest BCUT2D eigenvalue weighted by Gasteiger charge is 2.48. The number of halogens is 1. The van der Waals surface area contributed by atoms with Crippen LogP contribution in [0.1, 0.15) is 49.4 Å². The van der Waals surface area contributed by atoms with Crippen molar-refractivity contribution in [2.75, 3.05) is 11.9 Å². The van der Waals surface area contributed by atoms with Gasteiger partial charge in [-0.15, -0.1) is 0 Å². The van der Waals surface area contributed by atoms with Crippen molar-refractivity contribution < 1.29 is 19.2 Å². The van der Waals surface area contributed by atoms with Gasteiger partial charge in [0.2, 0.25) is 5.91 Å². The Kier molecular flexibility index (Phi) is 5.88. The molecule has 0 aromatic heterocycles. The van der Waals surface area contributed by atoms with E-state index in [0.717, 1.165) is 6.42 Å². The van der Waals surface area contributed by atoms with E-state index in [4.69, 9.17) is 11.6 Å². The molecular formula is C19H23ClN4O4.